The van der Waals surface area contributed by atoms with Crippen LogP contribution in [0.1, 0.15) is 50.6 Å². The summed E-state index contributed by atoms with van der Waals surface area (Å²) in [6.07, 6.45) is 6.30. The van der Waals surface area contributed by atoms with Crippen molar-refractivity contribution in [2.24, 2.45) is 11.7 Å². The van der Waals surface area contributed by atoms with Gasteiger partial charge in [0.1, 0.15) is 5.82 Å². The molecule has 0 spiro atoms. The van der Waals surface area contributed by atoms with E-state index in [0.29, 0.717) is 6.54 Å². The van der Waals surface area contributed by atoms with Crippen LogP contribution in [0.2, 0.25) is 5.02 Å². The predicted octanol–water partition coefficient (Wildman–Crippen LogP) is 4.38. The number of halogens is 2. The lowest BCUT2D eigenvalue weighted by Gasteiger charge is -2.30. The fourth-order valence-corrected chi connectivity index (χ4v) is 3.53. The minimum absolute atomic E-state index is 0.0946. The summed E-state index contributed by atoms with van der Waals surface area (Å²) in [5.41, 5.74) is 6.91. The van der Waals surface area contributed by atoms with Crippen LogP contribution in [0, 0.1) is 11.7 Å². The Labute approximate surface area is 132 Å². The molecule has 1 aromatic rings. The van der Waals surface area contributed by atoms with Gasteiger partial charge in [-0.1, -0.05) is 37.4 Å². The van der Waals surface area contributed by atoms with Crippen molar-refractivity contribution in [3.8, 4) is 0 Å². The molecule has 21 heavy (non-hydrogen) atoms. The molecule has 0 bridgehead atoms. The third kappa shape index (κ3) is 4.41. The molecule has 1 aliphatic heterocycles. The van der Waals surface area contributed by atoms with Gasteiger partial charge < -0.3 is 5.73 Å². The normalized spacial score (nSPS) is 22.0. The number of likely N-dealkylation sites (tertiary alicyclic amines) is 1. The Balaban J connectivity index is 2.08. The highest BCUT2D eigenvalue weighted by Crippen LogP contribution is 2.29. The predicted molar refractivity (Wildman–Crippen MR) is 87.0 cm³/mol. The molecule has 0 radical (unpaired) electrons. The molecule has 1 aromatic carbocycles. The van der Waals surface area contributed by atoms with Crippen LogP contribution in [-0.4, -0.2) is 24.5 Å². The second-order valence-electron chi connectivity index (χ2n) is 6.05. The number of hydrogen-bond acceptors (Lipinski definition) is 2. The molecule has 0 saturated carbocycles. The van der Waals surface area contributed by atoms with Crippen LogP contribution in [0.4, 0.5) is 4.39 Å². The standard InChI is InChI=1S/C17H26ClFN2/c1-2-4-13-5-3-9-21(10-8-13)17(12-20)14-6-7-15(18)16(19)11-14/h6-7,11,13,17H,2-5,8-10,12,20H2,1H3. The van der Waals surface area contributed by atoms with E-state index in [9.17, 15) is 4.39 Å². The van der Waals surface area contributed by atoms with Crippen LogP contribution in [0.15, 0.2) is 18.2 Å². The molecule has 4 heteroatoms. The number of nitrogens with zero attached hydrogens (tertiary/aromatic N) is 1. The van der Waals surface area contributed by atoms with Crippen molar-refractivity contribution in [3.63, 3.8) is 0 Å². The van der Waals surface area contributed by atoms with E-state index >= 15 is 0 Å². The molecule has 118 valence electrons. The second kappa shape index (κ2) is 8.11. The van der Waals surface area contributed by atoms with Gasteiger partial charge in [0.25, 0.3) is 0 Å². The summed E-state index contributed by atoms with van der Waals surface area (Å²) in [7, 11) is 0. The lowest BCUT2D eigenvalue weighted by Crippen LogP contribution is -2.34. The van der Waals surface area contributed by atoms with Gasteiger partial charge in [-0.25, -0.2) is 4.39 Å². The van der Waals surface area contributed by atoms with Gasteiger partial charge in [-0.05, 0) is 56.0 Å². The molecule has 2 nitrogen and oxygen atoms in total. The van der Waals surface area contributed by atoms with E-state index in [4.69, 9.17) is 17.3 Å². The number of benzene rings is 1. The average molecular weight is 313 g/mol. The lowest BCUT2D eigenvalue weighted by molar-refractivity contribution is 0.206. The van der Waals surface area contributed by atoms with Crippen LogP contribution < -0.4 is 5.73 Å². The average Bonchev–Trinajstić information content (AvgIpc) is 2.70. The van der Waals surface area contributed by atoms with Gasteiger partial charge >= 0.3 is 0 Å². The molecule has 1 saturated heterocycles. The van der Waals surface area contributed by atoms with Crippen LogP contribution in [-0.2, 0) is 0 Å². The zero-order valence-electron chi connectivity index (χ0n) is 12.8. The molecule has 0 aromatic heterocycles. The first-order chi connectivity index (χ1) is 10.2. The summed E-state index contributed by atoms with van der Waals surface area (Å²) < 4.78 is 13.7. The largest absolute Gasteiger partial charge is 0.329 e. The summed E-state index contributed by atoms with van der Waals surface area (Å²) >= 11 is 5.77. The van der Waals surface area contributed by atoms with Crippen molar-refractivity contribution in [3.05, 3.63) is 34.6 Å². The van der Waals surface area contributed by atoms with Gasteiger partial charge in [0, 0.05) is 12.6 Å². The fourth-order valence-electron chi connectivity index (χ4n) is 3.41. The molecule has 2 rings (SSSR count). The van der Waals surface area contributed by atoms with Gasteiger partial charge in [-0.3, -0.25) is 4.90 Å². The van der Waals surface area contributed by atoms with E-state index in [2.05, 4.69) is 11.8 Å². The lowest BCUT2D eigenvalue weighted by atomic mass is 9.96. The van der Waals surface area contributed by atoms with Gasteiger partial charge in [0.2, 0.25) is 0 Å². The van der Waals surface area contributed by atoms with Crippen LogP contribution in [0.25, 0.3) is 0 Å². The van der Waals surface area contributed by atoms with Crippen molar-refractivity contribution >= 4 is 11.6 Å². The highest BCUT2D eigenvalue weighted by atomic mass is 35.5. The second-order valence-corrected chi connectivity index (χ2v) is 6.45. The molecular formula is C17H26ClFN2. The maximum Gasteiger partial charge on any atom is 0.142 e. The summed E-state index contributed by atoms with van der Waals surface area (Å²) in [6.45, 7) is 4.87. The Hall–Kier alpha value is -0.640. The van der Waals surface area contributed by atoms with Gasteiger partial charge in [-0.2, -0.15) is 0 Å². The van der Waals surface area contributed by atoms with E-state index in [1.54, 1.807) is 6.07 Å². The minimum Gasteiger partial charge on any atom is -0.329 e. The van der Waals surface area contributed by atoms with Crippen molar-refractivity contribution in [2.45, 2.75) is 45.1 Å². The minimum atomic E-state index is -0.355. The molecule has 0 amide bonds. The quantitative estimate of drug-likeness (QED) is 0.874. The molecule has 1 aliphatic rings. The summed E-state index contributed by atoms with van der Waals surface area (Å²) in [5.74, 6) is 0.478. The molecule has 1 heterocycles. The molecule has 0 aliphatic carbocycles. The van der Waals surface area contributed by atoms with Gasteiger partial charge in [-0.15, -0.1) is 0 Å². The van der Waals surface area contributed by atoms with Crippen LogP contribution in [0.3, 0.4) is 0 Å². The first kappa shape index (κ1) is 16.7. The Kier molecular flexibility index (Phi) is 6.46. The van der Waals surface area contributed by atoms with E-state index < -0.39 is 0 Å². The fraction of sp³-hybridized carbons (Fsp3) is 0.647. The van der Waals surface area contributed by atoms with Crippen LogP contribution in [0.5, 0.6) is 0 Å². The molecule has 1 fully saturated rings. The highest BCUT2D eigenvalue weighted by molar-refractivity contribution is 6.30. The first-order valence-corrected chi connectivity index (χ1v) is 8.42. The zero-order valence-corrected chi connectivity index (χ0v) is 13.6. The third-order valence-corrected chi connectivity index (χ3v) is 4.88. The van der Waals surface area contributed by atoms with Crippen molar-refractivity contribution in [1.29, 1.82) is 0 Å². The monoisotopic (exact) mass is 312 g/mol. The van der Waals surface area contributed by atoms with Crippen molar-refractivity contribution in [1.82, 2.24) is 4.90 Å². The van der Waals surface area contributed by atoms with E-state index in [1.807, 2.05) is 6.07 Å². The molecule has 2 N–H and O–H groups in total. The van der Waals surface area contributed by atoms with Crippen LogP contribution >= 0.6 is 11.6 Å². The zero-order chi connectivity index (χ0) is 15.2. The summed E-state index contributed by atoms with van der Waals surface area (Å²) in [6, 6.07) is 5.16. The SMILES string of the molecule is CCCC1CCCN(C(CN)c2ccc(Cl)c(F)c2)CC1. The van der Waals surface area contributed by atoms with Gasteiger partial charge in [0.05, 0.1) is 5.02 Å². The highest BCUT2D eigenvalue weighted by Gasteiger charge is 2.23. The van der Waals surface area contributed by atoms with Gasteiger partial charge in [0.15, 0.2) is 0 Å². The number of rotatable bonds is 5. The Morgan fingerprint density at radius 2 is 2.19 bits per heavy atom. The smallest absolute Gasteiger partial charge is 0.142 e. The topological polar surface area (TPSA) is 29.3 Å². The number of nitrogens with two attached hydrogens (primary N) is 1. The third-order valence-electron chi connectivity index (χ3n) is 4.57. The first-order valence-electron chi connectivity index (χ1n) is 8.04. The Morgan fingerprint density at radius 1 is 1.38 bits per heavy atom. The van der Waals surface area contributed by atoms with E-state index in [-0.39, 0.29) is 16.9 Å². The van der Waals surface area contributed by atoms with Crippen molar-refractivity contribution < 1.29 is 4.39 Å². The maximum absolute atomic E-state index is 13.7. The Morgan fingerprint density at radius 3 is 2.86 bits per heavy atom. The molecule has 2 unspecified atom stereocenters. The number of hydrogen-bond donors (Lipinski definition) is 1. The summed E-state index contributed by atoms with van der Waals surface area (Å²) in [5, 5.41) is 0.174. The maximum atomic E-state index is 13.7. The van der Waals surface area contributed by atoms with Crippen molar-refractivity contribution in [2.75, 3.05) is 19.6 Å². The Bertz CT molecular complexity index is 452. The van der Waals surface area contributed by atoms with E-state index in [1.165, 1.54) is 38.2 Å². The summed E-state index contributed by atoms with van der Waals surface area (Å²) in [4.78, 5) is 2.42. The molecule has 2 atom stereocenters. The van der Waals surface area contributed by atoms with E-state index in [0.717, 1.165) is 24.6 Å². The molecular weight excluding hydrogens is 287 g/mol.